The third-order valence-electron chi connectivity index (χ3n) is 5.75. The highest BCUT2D eigenvalue weighted by Gasteiger charge is 2.16. The van der Waals surface area contributed by atoms with Gasteiger partial charge in [-0.2, -0.15) is 5.26 Å². The molecule has 1 aliphatic rings. The molecule has 8 nitrogen and oxygen atoms in total. The standard InChI is InChI=1S/C28H26N2O6/c1-33-30-26(21-6-11-27-22(14-21)12-13-34-27)18-36-24-7-2-19(3-8-24)17-35-25-9-4-20(5-10-25)23(16-29)15-28(31)32/h2-11,14,23H,12-13,15,17-18H2,1H3,(H,31,32). The van der Waals surface area contributed by atoms with Crippen LogP contribution in [0.2, 0.25) is 0 Å². The van der Waals surface area contributed by atoms with Crippen molar-refractivity contribution in [2.24, 2.45) is 5.16 Å². The van der Waals surface area contributed by atoms with E-state index in [0.717, 1.165) is 28.9 Å². The van der Waals surface area contributed by atoms with E-state index >= 15 is 0 Å². The van der Waals surface area contributed by atoms with Crippen molar-refractivity contribution in [3.8, 4) is 23.3 Å². The number of nitrogens with zero attached hydrogens (tertiary/aromatic N) is 2. The van der Waals surface area contributed by atoms with Crippen molar-refractivity contribution in [1.82, 2.24) is 0 Å². The van der Waals surface area contributed by atoms with Crippen molar-refractivity contribution in [2.75, 3.05) is 20.3 Å². The number of carboxylic acids is 1. The van der Waals surface area contributed by atoms with E-state index in [1.165, 1.54) is 7.11 Å². The summed E-state index contributed by atoms with van der Waals surface area (Å²) in [5.74, 6) is 0.545. The lowest BCUT2D eigenvalue weighted by atomic mass is 9.97. The Bertz CT molecular complexity index is 1260. The van der Waals surface area contributed by atoms with Gasteiger partial charge in [0.2, 0.25) is 0 Å². The second kappa shape index (κ2) is 11.8. The maximum absolute atomic E-state index is 10.9. The Balaban J connectivity index is 1.31. The minimum absolute atomic E-state index is 0.230. The van der Waals surface area contributed by atoms with Gasteiger partial charge in [0.25, 0.3) is 0 Å². The molecule has 1 N–H and O–H groups in total. The van der Waals surface area contributed by atoms with Gasteiger partial charge in [-0.25, -0.2) is 0 Å². The molecule has 1 heterocycles. The van der Waals surface area contributed by atoms with Crippen molar-refractivity contribution in [2.45, 2.75) is 25.4 Å². The molecule has 3 aromatic carbocycles. The predicted molar refractivity (Wildman–Crippen MR) is 133 cm³/mol. The zero-order valence-electron chi connectivity index (χ0n) is 19.8. The van der Waals surface area contributed by atoms with Gasteiger partial charge in [0.1, 0.15) is 43.3 Å². The smallest absolute Gasteiger partial charge is 0.305 e. The summed E-state index contributed by atoms with van der Waals surface area (Å²) in [6.07, 6.45) is 0.648. The highest BCUT2D eigenvalue weighted by atomic mass is 16.6. The fourth-order valence-corrected chi connectivity index (χ4v) is 3.85. The second-order valence-corrected chi connectivity index (χ2v) is 8.21. The van der Waals surface area contributed by atoms with Gasteiger partial charge in [0, 0.05) is 12.0 Å². The molecule has 3 aromatic rings. The molecule has 0 amide bonds. The lowest BCUT2D eigenvalue weighted by Crippen LogP contribution is -2.14. The first-order valence-corrected chi connectivity index (χ1v) is 11.5. The summed E-state index contributed by atoms with van der Waals surface area (Å²) >= 11 is 0. The van der Waals surface area contributed by atoms with Crippen molar-refractivity contribution in [3.63, 3.8) is 0 Å². The largest absolute Gasteiger partial charge is 0.493 e. The molecular weight excluding hydrogens is 460 g/mol. The van der Waals surface area contributed by atoms with Crippen LogP contribution in [-0.2, 0) is 22.7 Å². The first-order chi connectivity index (χ1) is 17.6. The van der Waals surface area contributed by atoms with Crippen LogP contribution < -0.4 is 14.2 Å². The molecule has 0 saturated carbocycles. The number of hydrogen-bond acceptors (Lipinski definition) is 7. The summed E-state index contributed by atoms with van der Waals surface area (Å²) in [5.41, 5.74) is 4.38. The molecule has 0 aliphatic carbocycles. The van der Waals surface area contributed by atoms with Gasteiger partial charge in [-0.3, -0.25) is 4.79 Å². The minimum Gasteiger partial charge on any atom is -0.493 e. The van der Waals surface area contributed by atoms with Crippen LogP contribution in [0.4, 0.5) is 0 Å². The molecule has 4 rings (SSSR count). The number of hydrogen-bond donors (Lipinski definition) is 1. The summed E-state index contributed by atoms with van der Waals surface area (Å²) in [5, 5.41) is 22.3. The predicted octanol–water partition coefficient (Wildman–Crippen LogP) is 4.71. The van der Waals surface area contributed by atoms with Gasteiger partial charge in [-0.15, -0.1) is 0 Å². The molecular formula is C28H26N2O6. The Labute approximate surface area is 209 Å². The number of ether oxygens (including phenoxy) is 3. The van der Waals surface area contributed by atoms with E-state index in [-0.39, 0.29) is 13.0 Å². The number of nitriles is 1. The summed E-state index contributed by atoms with van der Waals surface area (Å²) in [6.45, 7) is 1.30. The summed E-state index contributed by atoms with van der Waals surface area (Å²) in [7, 11) is 1.51. The SMILES string of the molecule is CON=C(COc1ccc(COc2ccc(C(C#N)CC(=O)O)cc2)cc1)c1ccc2c(c1)CCO2. The van der Waals surface area contributed by atoms with Crippen molar-refractivity contribution < 1.29 is 28.9 Å². The third kappa shape index (κ3) is 6.33. The Morgan fingerprint density at radius 2 is 1.81 bits per heavy atom. The summed E-state index contributed by atoms with van der Waals surface area (Å²) < 4.78 is 17.3. The molecule has 36 heavy (non-hydrogen) atoms. The van der Waals surface area contributed by atoms with Crippen LogP contribution in [0, 0.1) is 11.3 Å². The van der Waals surface area contributed by atoms with Crippen molar-refractivity contribution in [3.05, 3.63) is 89.0 Å². The number of rotatable bonds is 11. The van der Waals surface area contributed by atoms with Crippen LogP contribution in [0.15, 0.2) is 71.9 Å². The van der Waals surface area contributed by atoms with E-state index in [1.54, 1.807) is 24.3 Å². The van der Waals surface area contributed by atoms with E-state index in [1.807, 2.05) is 42.5 Å². The Morgan fingerprint density at radius 3 is 2.50 bits per heavy atom. The molecule has 184 valence electrons. The monoisotopic (exact) mass is 486 g/mol. The second-order valence-electron chi connectivity index (χ2n) is 8.21. The highest BCUT2D eigenvalue weighted by Crippen LogP contribution is 2.27. The van der Waals surface area contributed by atoms with E-state index in [4.69, 9.17) is 24.2 Å². The van der Waals surface area contributed by atoms with Crippen LogP contribution in [0.3, 0.4) is 0 Å². The van der Waals surface area contributed by atoms with E-state index in [0.29, 0.717) is 36.0 Å². The molecule has 0 bridgehead atoms. The average Bonchev–Trinajstić information content (AvgIpc) is 3.37. The first-order valence-electron chi connectivity index (χ1n) is 11.5. The maximum atomic E-state index is 10.9. The minimum atomic E-state index is -1.00. The molecule has 0 aromatic heterocycles. The molecule has 8 heteroatoms. The molecule has 1 unspecified atom stereocenters. The van der Waals surface area contributed by atoms with Crippen LogP contribution in [-0.4, -0.2) is 37.1 Å². The Hall–Kier alpha value is -4.51. The number of fused-ring (bicyclic) bond motifs is 1. The normalized spacial score (nSPS) is 13.2. The molecule has 1 atom stereocenters. The molecule has 0 spiro atoms. The van der Waals surface area contributed by atoms with E-state index in [2.05, 4.69) is 11.2 Å². The van der Waals surface area contributed by atoms with Gasteiger partial charge in [0.05, 0.1) is 25.0 Å². The third-order valence-corrected chi connectivity index (χ3v) is 5.75. The van der Waals surface area contributed by atoms with Crippen LogP contribution in [0.1, 0.15) is 34.6 Å². The van der Waals surface area contributed by atoms with Crippen molar-refractivity contribution >= 4 is 11.7 Å². The Kier molecular flexibility index (Phi) is 8.04. The lowest BCUT2D eigenvalue weighted by molar-refractivity contribution is -0.137. The first kappa shape index (κ1) is 24.6. The van der Waals surface area contributed by atoms with E-state index in [9.17, 15) is 10.1 Å². The van der Waals surface area contributed by atoms with Crippen LogP contribution >= 0.6 is 0 Å². The van der Waals surface area contributed by atoms with Gasteiger partial charge in [0.15, 0.2) is 0 Å². The van der Waals surface area contributed by atoms with Gasteiger partial charge in [-0.1, -0.05) is 29.4 Å². The molecule has 0 saturated heterocycles. The molecule has 0 radical (unpaired) electrons. The van der Waals surface area contributed by atoms with Crippen LogP contribution in [0.5, 0.6) is 17.2 Å². The zero-order chi connectivity index (χ0) is 25.3. The molecule has 0 fully saturated rings. The topological polar surface area (TPSA) is 110 Å². The van der Waals surface area contributed by atoms with E-state index < -0.39 is 11.9 Å². The van der Waals surface area contributed by atoms with Crippen molar-refractivity contribution in [1.29, 1.82) is 5.26 Å². The average molecular weight is 487 g/mol. The van der Waals surface area contributed by atoms with Crippen LogP contribution in [0.25, 0.3) is 0 Å². The number of aliphatic carboxylic acids is 1. The van der Waals surface area contributed by atoms with Gasteiger partial charge in [-0.05, 0) is 59.2 Å². The van der Waals surface area contributed by atoms with Gasteiger partial charge < -0.3 is 24.2 Å². The maximum Gasteiger partial charge on any atom is 0.305 e. The molecule has 1 aliphatic heterocycles. The van der Waals surface area contributed by atoms with Gasteiger partial charge >= 0.3 is 5.97 Å². The number of carboxylic acid groups (broad SMARTS) is 1. The highest BCUT2D eigenvalue weighted by molar-refractivity contribution is 6.01. The summed E-state index contributed by atoms with van der Waals surface area (Å²) in [4.78, 5) is 15.9. The fraction of sp³-hybridized carbons (Fsp3) is 0.250. The number of benzene rings is 3. The fourth-order valence-electron chi connectivity index (χ4n) is 3.85. The number of carbonyl (C=O) groups is 1. The number of oxime groups is 1. The quantitative estimate of drug-likeness (QED) is 0.309. The Morgan fingerprint density at radius 1 is 1.08 bits per heavy atom. The lowest BCUT2D eigenvalue weighted by Gasteiger charge is -2.11. The summed E-state index contributed by atoms with van der Waals surface area (Å²) in [6, 6.07) is 22.5. The zero-order valence-corrected chi connectivity index (χ0v) is 19.8.